The van der Waals surface area contributed by atoms with Crippen LogP contribution in [0.25, 0.3) is 0 Å². The Kier molecular flexibility index (Phi) is 7.54. The number of rotatable bonds is 9. The lowest BCUT2D eigenvalue weighted by Crippen LogP contribution is -2.35. The maximum absolute atomic E-state index is 12.5. The van der Waals surface area contributed by atoms with Crippen molar-refractivity contribution in [1.82, 2.24) is 10.2 Å². The predicted molar refractivity (Wildman–Crippen MR) is 117 cm³/mol. The first-order valence-electron chi connectivity index (χ1n) is 9.86. The molecule has 0 spiro atoms. The Hall–Kier alpha value is -2.61. The van der Waals surface area contributed by atoms with Gasteiger partial charge in [-0.3, -0.25) is 19.3 Å². The van der Waals surface area contributed by atoms with Crippen LogP contribution in [0.5, 0.6) is 5.75 Å². The van der Waals surface area contributed by atoms with E-state index in [2.05, 4.69) is 5.32 Å². The van der Waals surface area contributed by atoms with Gasteiger partial charge in [0.25, 0.3) is 17.7 Å². The summed E-state index contributed by atoms with van der Waals surface area (Å²) in [5.41, 5.74) is 0.737. The van der Waals surface area contributed by atoms with Gasteiger partial charge in [-0.15, -0.1) is 0 Å². The first-order chi connectivity index (χ1) is 14.8. The fraction of sp³-hybridized carbons (Fsp3) is 0.318. The van der Waals surface area contributed by atoms with E-state index in [0.29, 0.717) is 22.9 Å². The molecule has 0 bridgehead atoms. The Balaban J connectivity index is 1.57. The zero-order valence-electron chi connectivity index (χ0n) is 16.9. The monoisotopic (exact) mass is 464 g/mol. The third kappa shape index (κ3) is 5.18. The molecule has 3 amide bonds. The summed E-state index contributed by atoms with van der Waals surface area (Å²) in [6.45, 7) is 2.14. The lowest BCUT2D eigenvalue weighted by Gasteiger charge is -2.14. The predicted octanol–water partition coefficient (Wildman–Crippen LogP) is 3.56. The average molecular weight is 465 g/mol. The molecule has 2 aromatic rings. The van der Waals surface area contributed by atoms with Crippen molar-refractivity contribution in [3.8, 4) is 5.75 Å². The summed E-state index contributed by atoms with van der Waals surface area (Å²) in [5.74, 6) is -0.883. The van der Waals surface area contributed by atoms with E-state index in [1.807, 2.05) is 6.92 Å². The number of hydrogen-bond acceptors (Lipinski definition) is 5. The summed E-state index contributed by atoms with van der Waals surface area (Å²) in [5, 5.41) is 13.3. The number of aliphatic hydroxyl groups excluding tert-OH is 1. The van der Waals surface area contributed by atoms with Crippen molar-refractivity contribution in [2.75, 3.05) is 19.7 Å². The highest BCUT2D eigenvalue weighted by Gasteiger charge is 2.35. The van der Waals surface area contributed by atoms with Crippen molar-refractivity contribution < 1.29 is 24.2 Å². The number of imide groups is 1. The molecule has 164 valence electrons. The summed E-state index contributed by atoms with van der Waals surface area (Å²) in [7, 11) is 0. The molecular formula is C22H22Cl2N2O5. The number of carbonyl (C=O) groups is 3. The van der Waals surface area contributed by atoms with Crippen LogP contribution in [0.2, 0.25) is 10.0 Å². The number of hydrogen-bond donors (Lipinski definition) is 2. The topological polar surface area (TPSA) is 95.9 Å². The number of benzene rings is 2. The highest BCUT2D eigenvalue weighted by molar-refractivity contribution is 6.42. The molecule has 2 N–H and O–H groups in total. The van der Waals surface area contributed by atoms with Gasteiger partial charge in [-0.1, -0.05) is 42.6 Å². The highest BCUT2D eigenvalue weighted by atomic mass is 35.5. The van der Waals surface area contributed by atoms with Crippen LogP contribution in [-0.4, -0.2) is 53.5 Å². The summed E-state index contributed by atoms with van der Waals surface area (Å²) in [6, 6.07) is 9.28. The maximum atomic E-state index is 12.5. The van der Waals surface area contributed by atoms with E-state index < -0.39 is 17.9 Å². The molecule has 9 heteroatoms. The van der Waals surface area contributed by atoms with E-state index in [9.17, 15) is 19.5 Å². The van der Waals surface area contributed by atoms with Crippen LogP contribution in [0.1, 0.15) is 50.8 Å². The number of fused-ring (bicyclic) bond motifs is 1. The number of unbranched alkanes of at least 4 members (excludes halogenated alkanes) is 1. The smallest absolute Gasteiger partial charge is 0.261 e. The fourth-order valence-electron chi connectivity index (χ4n) is 3.10. The Morgan fingerprint density at radius 1 is 1.16 bits per heavy atom. The third-order valence-corrected chi connectivity index (χ3v) is 5.62. The van der Waals surface area contributed by atoms with E-state index in [-0.39, 0.29) is 35.2 Å². The molecule has 1 unspecified atom stereocenters. The van der Waals surface area contributed by atoms with Gasteiger partial charge in [0, 0.05) is 18.7 Å². The van der Waals surface area contributed by atoms with Gasteiger partial charge in [0.05, 0.1) is 16.1 Å². The quantitative estimate of drug-likeness (QED) is 0.553. The SMILES string of the molecule is CCCCN1C(=O)c2ccc(C(=O)NCC(O)COc3cccc(Cl)c3Cl)cc2C1=O. The Labute approximate surface area is 189 Å². The molecule has 1 aliphatic heterocycles. The lowest BCUT2D eigenvalue weighted by molar-refractivity contribution is 0.0652. The molecule has 0 aliphatic carbocycles. The minimum atomic E-state index is -0.999. The zero-order valence-corrected chi connectivity index (χ0v) is 18.4. The van der Waals surface area contributed by atoms with Gasteiger partial charge >= 0.3 is 0 Å². The molecule has 0 fully saturated rings. The van der Waals surface area contributed by atoms with Crippen molar-refractivity contribution >= 4 is 40.9 Å². The number of amides is 3. The molecule has 7 nitrogen and oxygen atoms in total. The molecule has 31 heavy (non-hydrogen) atoms. The number of carbonyl (C=O) groups excluding carboxylic acids is 3. The highest BCUT2D eigenvalue weighted by Crippen LogP contribution is 2.31. The van der Waals surface area contributed by atoms with E-state index >= 15 is 0 Å². The standard InChI is InChI=1S/C22H22Cl2N2O5/c1-2-3-9-26-21(29)15-8-7-13(10-16(15)22(26)30)20(28)25-11-14(27)12-31-18-6-4-5-17(23)19(18)24/h4-8,10,14,27H,2-3,9,11-12H2,1H3,(H,25,28). The number of ether oxygens (including phenoxy) is 1. The molecular weight excluding hydrogens is 443 g/mol. The Morgan fingerprint density at radius 3 is 2.65 bits per heavy atom. The molecule has 3 rings (SSSR count). The third-order valence-electron chi connectivity index (χ3n) is 4.81. The van der Waals surface area contributed by atoms with Crippen LogP contribution < -0.4 is 10.1 Å². The molecule has 0 radical (unpaired) electrons. The maximum Gasteiger partial charge on any atom is 0.261 e. The van der Waals surface area contributed by atoms with Gasteiger partial charge in [0.2, 0.25) is 0 Å². The summed E-state index contributed by atoms with van der Waals surface area (Å²) in [6.07, 6.45) is 0.580. The molecule has 1 aliphatic rings. The number of nitrogens with one attached hydrogen (secondary N) is 1. The van der Waals surface area contributed by atoms with Crippen molar-refractivity contribution in [1.29, 1.82) is 0 Å². The molecule has 1 heterocycles. The summed E-state index contributed by atoms with van der Waals surface area (Å²) >= 11 is 11.9. The minimum Gasteiger partial charge on any atom is -0.489 e. The van der Waals surface area contributed by atoms with Gasteiger partial charge in [0.1, 0.15) is 23.5 Å². The number of halogens is 2. The zero-order chi connectivity index (χ0) is 22.5. The van der Waals surface area contributed by atoms with Gasteiger partial charge < -0.3 is 15.2 Å². The normalized spacial score (nSPS) is 13.9. The summed E-state index contributed by atoms with van der Waals surface area (Å²) < 4.78 is 5.44. The van der Waals surface area contributed by atoms with E-state index in [1.165, 1.54) is 23.1 Å². The molecule has 2 aromatic carbocycles. The van der Waals surface area contributed by atoms with E-state index in [4.69, 9.17) is 27.9 Å². The van der Waals surface area contributed by atoms with Crippen molar-refractivity contribution in [2.45, 2.75) is 25.9 Å². The van der Waals surface area contributed by atoms with E-state index in [1.54, 1.807) is 18.2 Å². The second kappa shape index (κ2) is 10.1. The van der Waals surface area contributed by atoms with Crippen LogP contribution in [0.15, 0.2) is 36.4 Å². The fourth-order valence-corrected chi connectivity index (χ4v) is 3.45. The Bertz CT molecular complexity index is 1010. The van der Waals surface area contributed by atoms with Crippen LogP contribution in [-0.2, 0) is 0 Å². The summed E-state index contributed by atoms with van der Waals surface area (Å²) in [4.78, 5) is 38.6. The lowest BCUT2D eigenvalue weighted by atomic mass is 10.1. The number of aliphatic hydroxyl groups is 1. The minimum absolute atomic E-state index is 0.0798. The Morgan fingerprint density at radius 2 is 1.90 bits per heavy atom. The van der Waals surface area contributed by atoms with Gasteiger partial charge in [-0.05, 0) is 36.8 Å². The van der Waals surface area contributed by atoms with Crippen molar-refractivity contribution in [2.24, 2.45) is 0 Å². The van der Waals surface area contributed by atoms with Crippen LogP contribution >= 0.6 is 23.2 Å². The second-order valence-corrected chi connectivity index (χ2v) is 7.89. The van der Waals surface area contributed by atoms with Crippen LogP contribution in [0.3, 0.4) is 0 Å². The first kappa shape index (κ1) is 23.1. The van der Waals surface area contributed by atoms with E-state index in [0.717, 1.165) is 12.8 Å². The molecule has 0 saturated heterocycles. The van der Waals surface area contributed by atoms with Gasteiger partial charge in [0.15, 0.2) is 0 Å². The molecule has 1 atom stereocenters. The number of nitrogens with zero attached hydrogens (tertiary/aromatic N) is 1. The van der Waals surface area contributed by atoms with Crippen molar-refractivity contribution in [3.63, 3.8) is 0 Å². The van der Waals surface area contributed by atoms with Crippen LogP contribution in [0, 0.1) is 0 Å². The van der Waals surface area contributed by atoms with Gasteiger partial charge in [-0.2, -0.15) is 0 Å². The molecule has 0 aromatic heterocycles. The van der Waals surface area contributed by atoms with Crippen LogP contribution in [0.4, 0.5) is 0 Å². The van der Waals surface area contributed by atoms with Gasteiger partial charge in [-0.25, -0.2) is 0 Å². The average Bonchev–Trinajstić information content (AvgIpc) is 3.00. The largest absolute Gasteiger partial charge is 0.489 e. The first-order valence-corrected chi connectivity index (χ1v) is 10.6. The second-order valence-electron chi connectivity index (χ2n) is 7.10. The van der Waals surface area contributed by atoms with Crippen molar-refractivity contribution in [3.05, 3.63) is 63.1 Å². The molecule has 0 saturated carbocycles.